The van der Waals surface area contributed by atoms with Crippen LogP contribution in [0.2, 0.25) is 0 Å². The summed E-state index contributed by atoms with van der Waals surface area (Å²) in [6.07, 6.45) is 4.37. The van der Waals surface area contributed by atoms with Crippen LogP contribution in [-0.2, 0) is 16.0 Å². The van der Waals surface area contributed by atoms with Crippen LogP contribution in [-0.4, -0.2) is 66.3 Å². The van der Waals surface area contributed by atoms with E-state index in [1.165, 1.54) is 0 Å². The van der Waals surface area contributed by atoms with Crippen LogP contribution in [0.4, 0.5) is 0 Å². The van der Waals surface area contributed by atoms with Crippen molar-refractivity contribution in [2.45, 2.75) is 31.8 Å². The molecule has 0 bridgehead atoms. The van der Waals surface area contributed by atoms with Gasteiger partial charge in [-0.2, -0.15) is 0 Å². The number of ether oxygens (including phenoxy) is 2. The average molecular weight is 479 g/mol. The highest BCUT2D eigenvalue weighted by Crippen LogP contribution is 2.24. The van der Waals surface area contributed by atoms with Crippen LogP contribution in [0, 0.1) is 0 Å². The number of amides is 2. The Kier molecular flexibility index (Phi) is 8.45. The lowest BCUT2D eigenvalue weighted by atomic mass is 10.1. The molecule has 2 aromatic heterocycles. The Balaban J connectivity index is 1.36. The first-order chi connectivity index (χ1) is 17.1. The summed E-state index contributed by atoms with van der Waals surface area (Å²) in [5.41, 5.74) is 1.90. The van der Waals surface area contributed by atoms with Gasteiger partial charge in [0.1, 0.15) is 5.75 Å². The van der Waals surface area contributed by atoms with Crippen LogP contribution in [0.15, 0.2) is 59.3 Å². The van der Waals surface area contributed by atoms with Crippen LogP contribution in [0.1, 0.15) is 35.4 Å². The Bertz CT molecular complexity index is 1090. The van der Waals surface area contributed by atoms with Crippen molar-refractivity contribution in [2.75, 3.05) is 33.4 Å². The largest absolute Gasteiger partial charge is 0.497 e. The Labute approximate surface area is 204 Å². The summed E-state index contributed by atoms with van der Waals surface area (Å²) in [5.74, 6) is 0.807. The van der Waals surface area contributed by atoms with Crippen LogP contribution in [0.25, 0.3) is 11.3 Å². The SMILES string of the molecule is COc1ccc(-c2cc(C(=O)N(CCC(=O)NCCc3ccccn3)C[C@@H]3CCCO3)no2)cc1. The summed E-state index contributed by atoms with van der Waals surface area (Å²) < 4.78 is 16.3. The van der Waals surface area contributed by atoms with Gasteiger partial charge in [-0.1, -0.05) is 11.2 Å². The molecule has 0 aliphatic carbocycles. The minimum absolute atomic E-state index is 0.0425. The minimum Gasteiger partial charge on any atom is -0.497 e. The van der Waals surface area contributed by atoms with Crippen molar-refractivity contribution in [2.24, 2.45) is 0 Å². The van der Waals surface area contributed by atoms with E-state index in [1.54, 1.807) is 24.3 Å². The van der Waals surface area contributed by atoms with Gasteiger partial charge < -0.3 is 24.2 Å². The number of hydrogen-bond acceptors (Lipinski definition) is 7. The van der Waals surface area contributed by atoms with Gasteiger partial charge in [0, 0.05) is 62.6 Å². The van der Waals surface area contributed by atoms with Crippen LogP contribution < -0.4 is 10.1 Å². The Hall–Kier alpha value is -3.72. The molecule has 4 rings (SSSR count). The molecule has 1 N–H and O–H groups in total. The lowest BCUT2D eigenvalue weighted by molar-refractivity contribution is -0.121. The van der Waals surface area contributed by atoms with Crippen LogP contribution >= 0.6 is 0 Å². The van der Waals surface area contributed by atoms with Gasteiger partial charge in [-0.25, -0.2) is 0 Å². The Morgan fingerprint density at radius 2 is 2.06 bits per heavy atom. The first-order valence-electron chi connectivity index (χ1n) is 11.8. The zero-order valence-electron chi connectivity index (χ0n) is 19.8. The third-order valence-electron chi connectivity index (χ3n) is 5.88. The highest BCUT2D eigenvalue weighted by molar-refractivity contribution is 5.93. The summed E-state index contributed by atoms with van der Waals surface area (Å²) in [5, 5.41) is 6.90. The summed E-state index contributed by atoms with van der Waals surface area (Å²) in [7, 11) is 1.60. The number of hydrogen-bond donors (Lipinski definition) is 1. The fraction of sp³-hybridized carbons (Fsp3) is 0.385. The van der Waals surface area contributed by atoms with Gasteiger partial charge >= 0.3 is 0 Å². The number of nitrogens with zero attached hydrogens (tertiary/aromatic N) is 3. The number of rotatable bonds is 11. The van der Waals surface area contributed by atoms with E-state index in [0.29, 0.717) is 31.9 Å². The van der Waals surface area contributed by atoms with Crippen molar-refractivity contribution in [3.63, 3.8) is 0 Å². The summed E-state index contributed by atoms with van der Waals surface area (Å²) >= 11 is 0. The minimum atomic E-state index is -0.287. The predicted molar refractivity (Wildman–Crippen MR) is 129 cm³/mol. The molecule has 1 aliphatic rings. The third kappa shape index (κ3) is 6.89. The van der Waals surface area contributed by atoms with E-state index in [9.17, 15) is 9.59 Å². The molecular formula is C26H30N4O5. The summed E-state index contributed by atoms with van der Waals surface area (Å²) in [6.45, 7) is 1.85. The van der Waals surface area contributed by atoms with Crippen molar-refractivity contribution in [1.82, 2.24) is 20.4 Å². The van der Waals surface area contributed by atoms with Gasteiger partial charge in [0.15, 0.2) is 11.5 Å². The fourth-order valence-electron chi connectivity index (χ4n) is 3.94. The molecule has 2 amide bonds. The van der Waals surface area contributed by atoms with Gasteiger partial charge in [-0.15, -0.1) is 0 Å². The number of carbonyl (C=O) groups excluding carboxylic acids is 2. The summed E-state index contributed by atoms with van der Waals surface area (Å²) in [6, 6.07) is 14.6. The Morgan fingerprint density at radius 1 is 1.20 bits per heavy atom. The highest BCUT2D eigenvalue weighted by atomic mass is 16.5. The van der Waals surface area contributed by atoms with Crippen molar-refractivity contribution in [3.8, 4) is 17.1 Å². The van der Waals surface area contributed by atoms with Gasteiger partial charge in [-0.3, -0.25) is 14.6 Å². The Morgan fingerprint density at radius 3 is 2.77 bits per heavy atom. The van der Waals surface area contributed by atoms with Gasteiger partial charge in [0.2, 0.25) is 5.91 Å². The van der Waals surface area contributed by atoms with E-state index < -0.39 is 0 Å². The second-order valence-corrected chi connectivity index (χ2v) is 8.36. The molecule has 3 heterocycles. The van der Waals surface area contributed by atoms with Gasteiger partial charge in [0.25, 0.3) is 5.91 Å². The van der Waals surface area contributed by atoms with Crippen molar-refractivity contribution in [3.05, 3.63) is 66.1 Å². The molecule has 35 heavy (non-hydrogen) atoms. The molecule has 3 aromatic rings. The standard InChI is InChI=1S/C26H30N4O5/c1-33-21-9-7-19(8-10-21)24-17-23(29-35-24)26(32)30(18-22-6-4-16-34-22)15-12-25(31)28-14-11-20-5-2-3-13-27-20/h2-3,5,7-10,13,17,22H,4,6,11-12,14-16,18H2,1H3,(H,28,31)/t22-/m0/s1. The molecule has 1 saturated heterocycles. The van der Waals surface area contributed by atoms with E-state index >= 15 is 0 Å². The molecule has 1 atom stereocenters. The fourth-order valence-corrected chi connectivity index (χ4v) is 3.94. The molecule has 0 spiro atoms. The maximum absolute atomic E-state index is 13.3. The molecule has 0 unspecified atom stereocenters. The molecule has 184 valence electrons. The third-order valence-corrected chi connectivity index (χ3v) is 5.88. The average Bonchev–Trinajstić information content (AvgIpc) is 3.59. The smallest absolute Gasteiger partial charge is 0.276 e. The number of methoxy groups -OCH3 is 1. The maximum atomic E-state index is 13.3. The van der Waals surface area contributed by atoms with Crippen molar-refractivity contribution in [1.29, 1.82) is 0 Å². The monoisotopic (exact) mass is 478 g/mol. The molecule has 9 heteroatoms. The van der Waals surface area contributed by atoms with E-state index in [2.05, 4.69) is 15.5 Å². The van der Waals surface area contributed by atoms with Gasteiger partial charge in [-0.05, 0) is 49.2 Å². The van der Waals surface area contributed by atoms with E-state index in [0.717, 1.165) is 29.8 Å². The second-order valence-electron chi connectivity index (χ2n) is 8.36. The first-order valence-corrected chi connectivity index (χ1v) is 11.8. The number of benzene rings is 1. The molecular weight excluding hydrogens is 448 g/mol. The van der Waals surface area contributed by atoms with Crippen molar-refractivity contribution >= 4 is 11.8 Å². The molecule has 9 nitrogen and oxygen atoms in total. The molecule has 1 aromatic carbocycles. The number of pyridine rings is 1. The quantitative estimate of drug-likeness (QED) is 0.451. The lowest BCUT2D eigenvalue weighted by Gasteiger charge is -2.24. The topological polar surface area (TPSA) is 107 Å². The molecule has 0 radical (unpaired) electrons. The van der Waals surface area contributed by atoms with Gasteiger partial charge in [0.05, 0.1) is 13.2 Å². The van der Waals surface area contributed by atoms with Crippen molar-refractivity contribution < 1.29 is 23.6 Å². The number of carbonyl (C=O) groups is 2. The van der Waals surface area contributed by atoms with E-state index in [4.69, 9.17) is 14.0 Å². The molecule has 1 aliphatic heterocycles. The zero-order valence-corrected chi connectivity index (χ0v) is 19.8. The second kappa shape index (κ2) is 12.1. The molecule has 1 fully saturated rings. The lowest BCUT2D eigenvalue weighted by Crippen LogP contribution is -2.40. The first kappa shape index (κ1) is 24.4. The number of aromatic nitrogens is 2. The van der Waals surface area contributed by atoms with Crippen LogP contribution in [0.5, 0.6) is 5.75 Å². The van der Waals surface area contributed by atoms with Crippen LogP contribution in [0.3, 0.4) is 0 Å². The maximum Gasteiger partial charge on any atom is 0.276 e. The normalized spacial score (nSPS) is 15.1. The summed E-state index contributed by atoms with van der Waals surface area (Å²) in [4.78, 5) is 31.6. The predicted octanol–water partition coefficient (Wildman–Crippen LogP) is 3.12. The molecule has 0 saturated carbocycles. The highest BCUT2D eigenvalue weighted by Gasteiger charge is 2.26. The number of nitrogens with one attached hydrogen (secondary N) is 1. The van der Waals surface area contributed by atoms with E-state index in [1.807, 2.05) is 42.5 Å². The van der Waals surface area contributed by atoms with E-state index in [-0.39, 0.29) is 36.6 Å². The zero-order chi connectivity index (χ0) is 24.5.